The Bertz CT molecular complexity index is 1090. The number of rotatable bonds is 6. The number of benzene rings is 1. The molecule has 1 fully saturated rings. The second-order valence-electron chi connectivity index (χ2n) is 7.56. The van der Waals surface area contributed by atoms with Crippen molar-refractivity contribution >= 4 is 46.3 Å². The quantitative estimate of drug-likeness (QED) is 0.572. The zero-order chi connectivity index (χ0) is 23.6. The number of amides is 1. The molecule has 1 saturated heterocycles. The third kappa shape index (κ3) is 5.93. The van der Waals surface area contributed by atoms with Gasteiger partial charge in [-0.3, -0.25) is 4.79 Å². The Kier molecular flexibility index (Phi) is 6.73. The highest BCUT2D eigenvalue weighted by Crippen LogP contribution is 2.33. The molecule has 1 aromatic carbocycles. The molecule has 1 aromatic heterocycles. The number of pyridine rings is 1. The molecule has 4 rings (SSSR count). The molecule has 2 N–H and O–H groups in total. The van der Waals surface area contributed by atoms with Gasteiger partial charge >= 0.3 is 5.57 Å². The van der Waals surface area contributed by atoms with Crippen molar-refractivity contribution in [3.05, 3.63) is 65.5 Å². The van der Waals surface area contributed by atoms with Crippen molar-refractivity contribution in [2.75, 3.05) is 34.8 Å². The van der Waals surface area contributed by atoms with E-state index in [2.05, 4.69) is 15.0 Å². The van der Waals surface area contributed by atoms with E-state index in [1.165, 1.54) is 30.5 Å². The lowest BCUT2D eigenvalue weighted by molar-refractivity contribution is -0.0964. The first-order chi connectivity index (χ1) is 15.7. The van der Waals surface area contributed by atoms with Crippen LogP contribution >= 0.6 is 23.2 Å². The Morgan fingerprint density at radius 2 is 2.06 bits per heavy atom. The van der Waals surface area contributed by atoms with E-state index in [9.17, 15) is 18.7 Å². The van der Waals surface area contributed by atoms with E-state index >= 15 is 0 Å². The fourth-order valence-electron chi connectivity index (χ4n) is 3.59. The number of nitrogens with zero attached hydrogens (tertiary/aromatic N) is 3. The molecular weight excluding hydrogens is 477 g/mol. The van der Waals surface area contributed by atoms with Gasteiger partial charge in [0.05, 0.1) is 23.9 Å². The van der Waals surface area contributed by atoms with Crippen molar-refractivity contribution < 1.29 is 23.4 Å². The first-order valence-electron chi connectivity index (χ1n) is 10.1. The van der Waals surface area contributed by atoms with Crippen LogP contribution in [0, 0.1) is 0 Å². The zero-order valence-corrected chi connectivity index (χ0v) is 18.7. The summed E-state index contributed by atoms with van der Waals surface area (Å²) in [6, 6.07) is 7.08. The minimum absolute atomic E-state index is 0.143. The van der Waals surface area contributed by atoms with Crippen LogP contribution in [-0.4, -0.2) is 47.3 Å². The van der Waals surface area contributed by atoms with E-state index in [1.807, 2.05) is 16.0 Å². The maximum atomic E-state index is 12.9. The second-order valence-corrected chi connectivity index (χ2v) is 8.49. The number of β-amino-alcohol motifs (C(OH)–C–C–N with tert-alkyl or cyclic N) is 1. The lowest BCUT2D eigenvalue weighted by atomic mass is 10.2. The molecule has 2 aliphatic heterocycles. The number of hydrogen-bond acceptors (Lipinski definition) is 6. The molecule has 0 aliphatic carbocycles. The average Bonchev–Trinajstić information content (AvgIpc) is 3.20. The van der Waals surface area contributed by atoms with Gasteiger partial charge in [-0.25, -0.2) is 4.98 Å². The number of aliphatic hydroxyl groups is 1. The van der Waals surface area contributed by atoms with E-state index in [0.717, 1.165) is 0 Å². The van der Waals surface area contributed by atoms with Crippen molar-refractivity contribution in [2.24, 2.45) is 0 Å². The van der Waals surface area contributed by atoms with E-state index in [0.29, 0.717) is 53.8 Å². The number of allylic oxidation sites excluding steroid dienone is 2. The predicted octanol–water partition coefficient (Wildman–Crippen LogP) is 4.53. The van der Waals surface area contributed by atoms with Gasteiger partial charge in [0.15, 0.2) is 5.82 Å². The number of nitrogens with one attached hydrogen (secondary N) is 1. The summed E-state index contributed by atoms with van der Waals surface area (Å²) < 4.78 is 29.8. The molecule has 2 aromatic rings. The van der Waals surface area contributed by atoms with Gasteiger partial charge in [-0.05, 0) is 48.9 Å². The number of anilines is 3. The van der Waals surface area contributed by atoms with Crippen LogP contribution in [0.25, 0.3) is 0 Å². The number of aromatic nitrogens is 1. The Labute approximate surface area is 198 Å². The SMILES string of the molecule is O=C(Nc1ccc(OC(F)(F)Cl)cc1)c1cnc(N2CC[C@@H](O)C2)c(N2C=CC=C(Cl)C2)c1. The van der Waals surface area contributed by atoms with Gasteiger partial charge in [0.2, 0.25) is 0 Å². The first-order valence-corrected chi connectivity index (χ1v) is 10.8. The zero-order valence-electron chi connectivity index (χ0n) is 17.2. The van der Waals surface area contributed by atoms with Crippen molar-refractivity contribution in [1.82, 2.24) is 4.98 Å². The molecule has 33 heavy (non-hydrogen) atoms. The van der Waals surface area contributed by atoms with Crippen molar-refractivity contribution in [3.8, 4) is 5.75 Å². The number of carbonyl (C=O) groups is 1. The Balaban J connectivity index is 1.56. The van der Waals surface area contributed by atoms with Crippen LogP contribution in [0.5, 0.6) is 5.75 Å². The Morgan fingerprint density at radius 1 is 1.30 bits per heavy atom. The fourth-order valence-corrected chi connectivity index (χ4v) is 3.88. The van der Waals surface area contributed by atoms with Crippen LogP contribution in [0.1, 0.15) is 16.8 Å². The molecular formula is C22H20Cl2F2N4O3. The van der Waals surface area contributed by atoms with E-state index < -0.39 is 17.6 Å². The highest BCUT2D eigenvalue weighted by molar-refractivity contribution is 6.30. The van der Waals surface area contributed by atoms with Crippen LogP contribution < -0.4 is 19.9 Å². The summed E-state index contributed by atoms with van der Waals surface area (Å²) in [5.74, 6) is 0.0641. The van der Waals surface area contributed by atoms with Gasteiger partial charge in [0.1, 0.15) is 5.75 Å². The minimum atomic E-state index is -3.82. The standard InChI is InChI=1S/C22H20Cl2F2N4O3/c23-15-2-1-8-29(12-15)19-10-14(11-27-20(19)30-9-7-17(31)13-30)21(32)28-16-3-5-18(6-4-16)33-22(24,25)26/h1-6,8,10-11,17,31H,7,9,12-13H2,(H,28,32)/t17-/m1/s1. The molecule has 2 aliphatic rings. The molecule has 0 spiro atoms. The molecule has 174 valence electrons. The number of halogens is 4. The van der Waals surface area contributed by atoms with Crippen LogP contribution in [-0.2, 0) is 0 Å². The largest absolute Gasteiger partial charge is 0.487 e. The van der Waals surface area contributed by atoms with Gasteiger partial charge in [0, 0.05) is 47.8 Å². The normalized spacial score (nSPS) is 18.3. The molecule has 11 heteroatoms. The molecule has 1 atom stereocenters. The molecule has 0 saturated carbocycles. The van der Waals surface area contributed by atoms with Crippen LogP contribution in [0.15, 0.2) is 59.9 Å². The number of alkyl halides is 3. The highest BCUT2D eigenvalue weighted by Gasteiger charge is 2.28. The molecule has 0 radical (unpaired) electrons. The predicted molar refractivity (Wildman–Crippen MR) is 123 cm³/mol. The summed E-state index contributed by atoms with van der Waals surface area (Å²) >= 11 is 11.0. The van der Waals surface area contributed by atoms with Gasteiger partial charge in [-0.2, -0.15) is 0 Å². The van der Waals surface area contributed by atoms with Gasteiger partial charge in [0.25, 0.3) is 5.91 Å². The topological polar surface area (TPSA) is 77.9 Å². The smallest absolute Gasteiger partial charge is 0.420 e. The van der Waals surface area contributed by atoms with Crippen LogP contribution in [0.4, 0.5) is 26.0 Å². The van der Waals surface area contributed by atoms with Gasteiger partial charge in [-0.15, -0.1) is 8.78 Å². The van der Waals surface area contributed by atoms with Gasteiger partial charge in [-0.1, -0.05) is 11.6 Å². The molecule has 0 bridgehead atoms. The summed E-state index contributed by atoms with van der Waals surface area (Å²) in [5, 5.41) is 13.3. The summed E-state index contributed by atoms with van der Waals surface area (Å²) in [6.07, 6.45) is 7.08. The van der Waals surface area contributed by atoms with Crippen LogP contribution in [0.3, 0.4) is 0 Å². The van der Waals surface area contributed by atoms with Crippen molar-refractivity contribution in [3.63, 3.8) is 0 Å². The molecule has 0 unspecified atom stereocenters. The van der Waals surface area contributed by atoms with E-state index in [-0.39, 0.29) is 5.75 Å². The maximum absolute atomic E-state index is 12.9. The van der Waals surface area contributed by atoms with E-state index in [1.54, 1.807) is 18.2 Å². The van der Waals surface area contributed by atoms with Gasteiger partial charge < -0.3 is 25.0 Å². The minimum Gasteiger partial charge on any atom is -0.420 e. The Hall–Kier alpha value is -2.88. The monoisotopic (exact) mass is 496 g/mol. The number of ether oxygens (including phenoxy) is 1. The third-order valence-electron chi connectivity index (χ3n) is 5.09. The number of aliphatic hydroxyl groups excluding tert-OH is 1. The summed E-state index contributed by atoms with van der Waals surface area (Å²) in [4.78, 5) is 21.2. The van der Waals surface area contributed by atoms with E-state index in [4.69, 9.17) is 23.2 Å². The lowest BCUT2D eigenvalue weighted by Crippen LogP contribution is -2.28. The summed E-state index contributed by atoms with van der Waals surface area (Å²) in [6.45, 7) is 1.51. The summed E-state index contributed by atoms with van der Waals surface area (Å²) in [7, 11) is 0. The number of hydrogen-bond donors (Lipinski definition) is 2. The van der Waals surface area contributed by atoms with Crippen molar-refractivity contribution in [1.29, 1.82) is 0 Å². The molecule has 7 nitrogen and oxygen atoms in total. The number of carbonyl (C=O) groups excluding carboxylic acids is 1. The summed E-state index contributed by atoms with van der Waals surface area (Å²) in [5.41, 5.74) is -2.48. The maximum Gasteiger partial charge on any atom is 0.487 e. The third-order valence-corrected chi connectivity index (χ3v) is 5.41. The van der Waals surface area contributed by atoms with Crippen LogP contribution in [0.2, 0.25) is 0 Å². The first kappa shape index (κ1) is 23.3. The lowest BCUT2D eigenvalue weighted by Gasteiger charge is -2.28. The Morgan fingerprint density at radius 3 is 2.70 bits per heavy atom. The molecule has 3 heterocycles. The fraction of sp³-hybridized carbons (Fsp3) is 0.273. The van der Waals surface area contributed by atoms with Crippen molar-refractivity contribution in [2.45, 2.75) is 18.1 Å². The highest BCUT2D eigenvalue weighted by atomic mass is 35.5. The molecule has 1 amide bonds. The second kappa shape index (κ2) is 9.54. The average molecular weight is 497 g/mol.